The number of aromatic nitrogens is 1. The van der Waals surface area contributed by atoms with Crippen LogP contribution in [-0.4, -0.2) is 35.6 Å². The van der Waals surface area contributed by atoms with Crippen molar-refractivity contribution in [1.29, 1.82) is 0 Å². The third kappa shape index (κ3) is 3.81. The second kappa shape index (κ2) is 7.02. The lowest BCUT2D eigenvalue weighted by molar-refractivity contribution is 0.163. The van der Waals surface area contributed by atoms with Crippen LogP contribution < -0.4 is 5.32 Å². The second-order valence-electron chi connectivity index (χ2n) is 5.18. The quantitative estimate of drug-likeness (QED) is 0.946. The van der Waals surface area contributed by atoms with Crippen LogP contribution in [0.4, 0.5) is 4.39 Å². The van der Waals surface area contributed by atoms with Gasteiger partial charge in [-0.1, -0.05) is 6.07 Å². The van der Waals surface area contributed by atoms with E-state index in [1.807, 2.05) is 0 Å². The van der Waals surface area contributed by atoms with Crippen LogP contribution in [0.15, 0.2) is 34.9 Å². The zero-order chi connectivity index (χ0) is 13.9. The molecular formula is C15H19ClFN3O. The van der Waals surface area contributed by atoms with E-state index in [0.717, 1.165) is 31.9 Å². The Balaban J connectivity index is 0.00000161. The molecule has 0 saturated carbocycles. The zero-order valence-electron chi connectivity index (χ0n) is 11.9. The van der Waals surface area contributed by atoms with Gasteiger partial charge in [0.2, 0.25) is 5.89 Å². The second-order valence-corrected chi connectivity index (χ2v) is 5.18. The van der Waals surface area contributed by atoms with Crippen molar-refractivity contribution in [3.05, 3.63) is 42.0 Å². The fourth-order valence-electron chi connectivity index (χ4n) is 2.46. The predicted molar refractivity (Wildman–Crippen MR) is 81.9 cm³/mol. The molecule has 1 aromatic heterocycles. The first kappa shape index (κ1) is 15.9. The first-order valence-corrected chi connectivity index (χ1v) is 6.87. The summed E-state index contributed by atoms with van der Waals surface area (Å²) in [5.41, 5.74) is 1.56. The molecule has 21 heavy (non-hydrogen) atoms. The largest absolute Gasteiger partial charge is 0.444 e. The minimum absolute atomic E-state index is 0. The smallest absolute Gasteiger partial charge is 0.226 e. The van der Waals surface area contributed by atoms with Crippen molar-refractivity contribution in [2.75, 3.05) is 19.6 Å². The van der Waals surface area contributed by atoms with E-state index in [0.29, 0.717) is 17.5 Å². The van der Waals surface area contributed by atoms with Gasteiger partial charge in [-0.3, -0.25) is 4.90 Å². The van der Waals surface area contributed by atoms with Crippen LogP contribution in [-0.2, 0) is 6.54 Å². The summed E-state index contributed by atoms with van der Waals surface area (Å²) in [6, 6.07) is 6.79. The van der Waals surface area contributed by atoms with Crippen molar-refractivity contribution in [2.45, 2.75) is 19.5 Å². The summed E-state index contributed by atoms with van der Waals surface area (Å²) in [4.78, 5) is 6.82. The molecule has 2 heterocycles. The Morgan fingerprint density at radius 3 is 3.10 bits per heavy atom. The monoisotopic (exact) mass is 311 g/mol. The number of benzene rings is 1. The summed E-state index contributed by atoms with van der Waals surface area (Å²) in [6.07, 6.45) is 1.66. The highest BCUT2D eigenvalue weighted by atomic mass is 35.5. The molecule has 1 fully saturated rings. The van der Waals surface area contributed by atoms with Gasteiger partial charge < -0.3 is 9.73 Å². The Hall–Kier alpha value is -1.43. The van der Waals surface area contributed by atoms with Gasteiger partial charge in [0.15, 0.2) is 0 Å². The van der Waals surface area contributed by atoms with E-state index in [1.54, 1.807) is 18.4 Å². The Labute approximate surface area is 129 Å². The lowest BCUT2D eigenvalue weighted by Gasteiger charge is -2.33. The highest BCUT2D eigenvalue weighted by molar-refractivity contribution is 5.85. The summed E-state index contributed by atoms with van der Waals surface area (Å²) >= 11 is 0. The molecule has 3 rings (SSSR count). The Bertz CT molecular complexity index is 590. The van der Waals surface area contributed by atoms with E-state index in [2.05, 4.69) is 22.1 Å². The zero-order valence-corrected chi connectivity index (χ0v) is 12.7. The third-order valence-electron chi connectivity index (χ3n) is 3.63. The van der Waals surface area contributed by atoms with Gasteiger partial charge in [0.05, 0.1) is 5.69 Å². The number of hydrogen-bond donors (Lipinski definition) is 1. The van der Waals surface area contributed by atoms with Gasteiger partial charge >= 0.3 is 0 Å². The van der Waals surface area contributed by atoms with Crippen LogP contribution in [0.3, 0.4) is 0 Å². The van der Waals surface area contributed by atoms with Crippen molar-refractivity contribution in [3.8, 4) is 11.5 Å². The minimum atomic E-state index is -0.280. The minimum Gasteiger partial charge on any atom is -0.444 e. The standard InChI is InChI=1S/C15H18FN3O.ClH/c1-11-8-17-5-6-19(11)9-14-10-20-15(18-14)12-3-2-4-13(16)7-12;/h2-4,7,10-11,17H,5-6,8-9H2,1H3;1H/t11-;/m1./s1. The Morgan fingerprint density at radius 2 is 2.33 bits per heavy atom. The molecule has 1 saturated heterocycles. The lowest BCUT2D eigenvalue weighted by atomic mass is 10.2. The maximum Gasteiger partial charge on any atom is 0.226 e. The van der Waals surface area contributed by atoms with Crippen molar-refractivity contribution >= 4 is 12.4 Å². The highest BCUT2D eigenvalue weighted by Crippen LogP contribution is 2.20. The van der Waals surface area contributed by atoms with Gasteiger partial charge in [-0.15, -0.1) is 12.4 Å². The summed E-state index contributed by atoms with van der Waals surface area (Å²) in [6.45, 7) is 5.96. The van der Waals surface area contributed by atoms with E-state index in [9.17, 15) is 4.39 Å². The number of nitrogens with one attached hydrogen (secondary N) is 1. The topological polar surface area (TPSA) is 41.3 Å². The molecule has 0 amide bonds. The van der Waals surface area contributed by atoms with E-state index in [4.69, 9.17) is 4.42 Å². The van der Waals surface area contributed by atoms with Crippen LogP contribution in [0.2, 0.25) is 0 Å². The van der Waals surface area contributed by atoms with Crippen LogP contribution in [0, 0.1) is 5.82 Å². The van der Waals surface area contributed by atoms with Crippen molar-refractivity contribution in [3.63, 3.8) is 0 Å². The first-order chi connectivity index (χ1) is 9.72. The molecule has 0 aliphatic carbocycles. The number of halogens is 2. The van der Waals surface area contributed by atoms with Gasteiger partial charge in [0.25, 0.3) is 0 Å². The van der Waals surface area contributed by atoms with E-state index in [1.165, 1.54) is 12.1 Å². The molecule has 0 spiro atoms. The van der Waals surface area contributed by atoms with Crippen molar-refractivity contribution < 1.29 is 8.81 Å². The lowest BCUT2D eigenvalue weighted by Crippen LogP contribution is -2.49. The normalized spacial score (nSPS) is 19.2. The van der Waals surface area contributed by atoms with Crippen molar-refractivity contribution in [1.82, 2.24) is 15.2 Å². The molecule has 1 aliphatic rings. The van der Waals surface area contributed by atoms with Gasteiger partial charge in [0.1, 0.15) is 12.1 Å². The maximum atomic E-state index is 13.2. The molecule has 2 aromatic rings. The van der Waals surface area contributed by atoms with E-state index < -0.39 is 0 Å². The third-order valence-corrected chi connectivity index (χ3v) is 3.63. The van der Waals surface area contributed by atoms with Crippen molar-refractivity contribution in [2.24, 2.45) is 0 Å². The maximum absolute atomic E-state index is 13.2. The summed E-state index contributed by atoms with van der Waals surface area (Å²) in [5, 5.41) is 3.36. The van der Waals surface area contributed by atoms with Crippen LogP contribution in [0.25, 0.3) is 11.5 Å². The molecule has 4 nitrogen and oxygen atoms in total. The number of rotatable bonds is 3. The fraction of sp³-hybridized carbons (Fsp3) is 0.400. The molecular weight excluding hydrogens is 293 g/mol. The van der Waals surface area contributed by atoms with Gasteiger partial charge in [-0.05, 0) is 25.1 Å². The average molecular weight is 312 g/mol. The molecule has 1 aromatic carbocycles. The van der Waals surface area contributed by atoms with Crippen LogP contribution >= 0.6 is 12.4 Å². The average Bonchev–Trinajstić information content (AvgIpc) is 2.90. The number of oxazole rings is 1. The van der Waals surface area contributed by atoms with Gasteiger partial charge in [-0.25, -0.2) is 9.37 Å². The van der Waals surface area contributed by atoms with Crippen LogP contribution in [0.1, 0.15) is 12.6 Å². The van der Waals surface area contributed by atoms with Crippen LogP contribution in [0.5, 0.6) is 0 Å². The van der Waals surface area contributed by atoms with Gasteiger partial charge in [0, 0.05) is 37.8 Å². The highest BCUT2D eigenvalue weighted by Gasteiger charge is 2.19. The van der Waals surface area contributed by atoms with E-state index >= 15 is 0 Å². The fourth-order valence-corrected chi connectivity index (χ4v) is 2.46. The molecule has 0 unspecified atom stereocenters. The van der Waals surface area contributed by atoms with Gasteiger partial charge in [-0.2, -0.15) is 0 Å². The molecule has 6 heteroatoms. The molecule has 114 valence electrons. The summed E-state index contributed by atoms with van der Waals surface area (Å²) in [5.74, 6) is 0.195. The number of nitrogens with zero attached hydrogens (tertiary/aromatic N) is 2. The summed E-state index contributed by atoms with van der Waals surface area (Å²) < 4.78 is 18.7. The predicted octanol–water partition coefficient (Wildman–Crippen LogP) is 2.70. The molecule has 1 N–H and O–H groups in total. The molecule has 1 aliphatic heterocycles. The number of hydrogen-bond acceptors (Lipinski definition) is 4. The molecule has 0 radical (unpaired) electrons. The Kier molecular flexibility index (Phi) is 5.33. The van der Waals surface area contributed by atoms with E-state index in [-0.39, 0.29) is 18.2 Å². The SMILES string of the molecule is C[C@@H]1CNCCN1Cc1coc(-c2cccc(F)c2)n1.Cl. The Morgan fingerprint density at radius 1 is 1.48 bits per heavy atom. The molecule has 0 bridgehead atoms. The summed E-state index contributed by atoms with van der Waals surface area (Å²) in [7, 11) is 0. The number of piperazine rings is 1. The first-order valence-electron chi connectivity index (χ1n) is 6.87. The molecule has 1 atom stereocenters.